The topological polar surface area (TPSA) is 160 Å². The minimum atomic E-state index is -1.13. The van der Waals surface area contributed by atoms with E-state index in [0.717, 1.165) is 70.7 Å². The molecule has 284 valence electrons. The molecule has 12 heteroatoms. The number of ether oxygens (including phenoxy) is 2. The molecule has 2 aliphatic heterocycles. The van der Waals surface area contributed by atoms with Crippen molar-refractivity contribution in [3.8, 4) is 33.6 Å². The minimum Gasteiger partial charge on any atom is -0.431 e. The van der Waals surface area contributed by atoms with Crippen LogP contribution in [0.3, 0.4) is 0 Å². The molecule has 6 aromatic rings. The number of nitrogens with one attached hydrogen (secondary N) is 2. The maximum Gasteiger partial charge on any atom is 0.405 e. The van der Waals surface area contributed by atoms with Crippen LogP contribution in [0.4, 0.5) is 4.79 Å². The van der Waals surface area contributed by atoms with Crippen molar-refractivity contribution in [2.45, 2.75) is 50.0 Å². The molecule has 2 aliphatic rings. The highest BCUT2D eigenvalue weighted by Crippen LogP contribution is 2.37. The van der Waals surface area contributed by atoms with Crippen LogP contribution in [-0.2, 0) is 19.1 Å². The Kier molecular flexibility index (Phi) is 10.5. The maximum atomic E-state index is 13.7. The van der Waals surface area contributed by atoms with Crippen LogP contribution in [0.25, 0.3) is 33.6 Å². The first kappa shape index (κ1) is 36.4. The van der Waals surface area contributed by atoms with E-state index >= 15 is 0 Å². The second kappa shape index (κ2) is 16.1. The molecule has 0 spiro atoms. The van der Waals surface area contributed by atoms with Gasteiger partial charge in [0.2, 0.25) is 6.10 Å². The third-order valence-corrected chi connectivity index (χ3v) is 10.7. The Morgan fingerprint density at radius 2 is 1.04 bits per heavy atom. The van der Waals surface area contributed by atoms with E-state index in [1.165, 1.54) is 0 Å². The molecule has 2 saturated heterocycles. The SMILES string of the molecule is CO[C@@H](C(=O)N1CCC[C@H]1c1ncc(-c2ccc(-c3ccc(-c4cnc([C@@H]5CCCN5C(=O)[C@H](OC(N)=O)c5ccccc5)[nH]4)cc3)cc2)[nH]1)c1ccccc1. The number of carbonyl (C=O) groups excluding carboxylic acids is 3. The molecule has 12 nitrogen and oxygen atoms in total. The standard InChI is InChI=1S/C44H43N7O5/c1-55-38(32-10-4-2-5-11-32)42(52)50-24-8-14-36(50)40-46-26-34(48-40)30-20-16-28(17-21-30)29-18-22-31(23-19-29)35-27-47-41(49-35)37-15-9-25-51(37)43(53)39(56-44(45)54)33-12-6-3-7-13-33/h2-7,10-13,16-23,26-27,36-39H,8-9,14-15,24-25H2,1H3,(H2,45,54)(H,46,48)(H,47,49)/t36-,37-,38+,39+/m0/s1. The molecule has 4 atom stereocenters. The third-order valence-electron chi connectivity index (χ3n) is 10.7. The fourth-order valence-corrected chi connectivity index (χ4v) is 7.93. The van der Waals surface area contributed by atoms with Crippen LogP contribution in [-0.4, -0.2) is 67.8 Å². The fraction of sp³-hybridized carbons (Fsp3) is 0.250. The zero-order valence-corrected chi connectivity index (χ0v) is 31.0. The van der Waals surface area contributed by atoms with E-state index in [4.69, 9.17) is 20.2 Å². The number of nitrogens with two attached hydrogens (primary N) is 1. The fourth-order valence-electron chi connectivity index (χ4n) is 7.93. The Labute approximate surface area is 324 Å². The van der Waals surface area contributed by atoms with Crippen molar-refractivity contribution in [1.29, 1.82) is 0 Å². The first-order chi connectivity index (χ1) is 27.4. The summed E-state index contributed by atoms with van der Waals surface area (Å²) in [7, 11) is 1.57. The van der Waals surface area contributed by atoms with Crippen molar-refractivity contribution in [3.63, 3.8) is 0 Å². The molecule has 4 aromatic carbocycles. The highest BCUT2D eigenvalue weighted by Gasteiger charge is 2.38. The van der Waals surface area contributed by atoms with Gasteiger partial charge in [0, 0.05) is 25.8 Å². The van der Waals surface area contributed by atoms with Crippen LogP contribution < -0.4 is 5.73 Å². The third kappa shape index (κ3) is 7.43. The molecule has 0 saturated carbocycles. The van der Waals surface area contributed by atoms with Gasteiger partial charge in [0.15, 0.2) is 6.10 Å². The van der Waals surface area contributed by atoms with Crippen LogP contribution in [0.5, 0.6) is 0 Å². The van der Waals surface area contributed by atoms with Crippen molar-refractivity contribution in [2.75, 3.05) is 20.2 Å². The molecular weight excluding hydrogens is 707 g/mol. The normalized spacial score (nSPS) is 17.8. The number of likely N-dealkylation sites (tertiary alicyclic amines) is 2. The van der Waals surface area contributed by atoms with Crippen molar-refractivity contribution in [1.82, 2.24) is 29.7 Å². The number of primary amides is 1. The Balaban J connectivity index is 0.927. The van der Waals surface area contributed by atoms with E-state index in [1.54, 1.807) is 42.5 Å². The minimum absolute atomic E-state index is 0.0547. The number of nitrogens with zero attached hydrogens (tertiary/aromatic N) is 4. The Hall–Kier alpha value is -6.53. The first-order valence-corrected chi connectivity index (χ1v) is 18.9. The van der Waals surface area contributed by atoms with Crippen LogP contribution in [0.15, 0.2) is 122 Å². The van der Waals surface area contributed by atoms with E-state index in [-0.39, 0.29) is 23.9 Å². The van der Waals surface area contributed by atoms with E-state index in [9.17, 15) is 14.4 Å². The number of hydrogen-bond acceptors (Lipinski definition) is 7. The molecule has 2 aromatic heterocycles. The quantitative estimate of drug-likeness (QED) is 0.123. The van der Waals surface area contributed by atoms with Crippen molar-refractivity contribution in [2.24, 2.45) is 5.73 Å². The van der Waals surface area contributed by atoms with Crippen molar-refractivity contribution < 1.29 is 23.9 Å². The van der Waals surface area contributed by atoms with Gasteiger partial charge in [-0.25, -0.2) is 14.8 Å². The average molecular weight is 750 g/mol. The largest absolute Gasteiger partial charge is 0.431 e. The second-order valence-electron chi connectivity index (χ2n) is 14.2. The van der Waals surface area contributed by atoms with E-state index in [2.05, 4.69) is 51.4 Å². The molecule has 0 bridgehead atoms. The summed E-state index contributed by atoms with van der Waals surface area (Å²) in [6, 6.07) is 34.6. The predicted molar refractivity (Wildman–Crippen MR) is 210 cm³/mol. The van der Waals surface area contributed by atoms with Crippen LogP contribution in [0.2, 0.25) is 0 Å². The number of aromatic amines is 2. The summed E-state index contributed by atoms with van der Waals surface area (Å²) in [5, 5.41) is 0. The van der Waals surface area contributed by atoms with E-state index < -0.39 is 18.3 Å². The van der Waals surface area contributed by atoms with E-state index in [0.29, 0.717) is 24.5 Å². The number of carbonyl (C=O) groups is 3. The summed E-state index contributed by atoms with van der Waals surface area (Å²) >= 11 is 0. The summed E-state index contributed by atoms with van der Waals surface area (Å²) in [4.78, 5) is 58.9. The summed E-state index contributed by atoms with van der Waals surface area (Å²) in [5.74, 6) is 1.07. The Morgan fingerprint density at radius 1 is 0.625 bits per heavy atom. The lowest BCUT2D eigenvalue weighted by Crippen LogP contribution is -2.37. The molecule has 56 heavy (non-hydrogen) atoms. The number of hydrogen-bond donors (Lipinski definition) is 3. The predicted octanol–water partition coefficient (Wildman–Crippen LogP) is 7.69. The number of methoxy groups -OCH3 is 1. The molecule has 4 N–H and O–H groups in total. The van der Waals surface area contributed by atoms with Gasteiger partial charge in [-0.05, 0) is 53.5 Å². The van der Waals surface area contributed by atoms with Gasteiger partial charge in [-0.3, -0.25) is 9.59 Å². The zero-order valence-electron chi connectivity index (χ0n) is 31.0. The molecule has 4 heterocycles. The van der Waals surface area contributed by atoms with Gasteiger partial charge in [0.25, 0.3) is 11.8 Å². The lowest BCUT2D eigenvalue weighted by Gasteiger charge is -2.27. The lowest BCUT2D eigenvalue weighted by molar-refractivity contribution is -0.143. The first-order valence-electron chi connectivity index (χ1n) is 18.9. The number of aromatic nitrogens is 4. The number of imidazole rings is 2. The van der Waals surface area contributed by atoms with Gasteiger partial charge >= 0.3 is 6.09 Å². The van der Waals surface area contributed by atoms with Gasteiger partial charge in [-0.2, -0.15) is 0 Å². The maximum absolute atomic E-state index is 13.7. The van der Waals surface area contributed by atoms with Gasteiger partial charge in [0.05, 0.1) is 35.9 Å². The molecule has 0 radical (unpaired) electrons. The zero-order chi connectivity index (χ0) is 38.6. The molecule has 3 amide bonds. The smallest absolute Gasteiger partial charge is 0.405 e. The van der Waals surface area contributed by atoms with Crippen LogP contribution in [0, 0.1) is 0 Å². The van der Waals surface area contributed by atoms with Crippen molar-refractivity contribution >= 4 is 17.9 Å². The number of amides is 3. The van der Waals surface area contributed by atoms with Gasteiger partial charge < -0.3 is 35.0 Å². The molecule has 2 fully saturated rings. The van der Waals surface area contributed by atoms with Gasteiger partial charge in [-0.15, -0.1) is 0 Å². The molecular formula is C44H43N7O5. The number of benzene rings is 4. The van der Waals surface area contributed by atoms with Crippen molar-refractivity contribution in [3.05, 3.63) is 144 Å². The van der Waals surface area contributed by atoms with E-state index in [1.807, 2.05) is 59.6 Å². The summed E-state index contributed by atoms with van der Waals surface area (Å²) in [5.41, 5.74) is 12.6. The lowest BCUT2D eigenvalue weighted by atomic mass is 10.0. The van der Waals surface area contributed by atoms with Gasteiger partial charge in [-0.1, -0.05) is 109 Å². The average Bonchev–Trinajstić information content (AvgIpc) is 4.08. The monoisotopic (exact) mass is 749 g/mol. The van der Waals surface area contributed by atoms with Crippen LogP contribution >= 0.6 is 0 Å². The molecule has 8 rings (SSSR count). The second-order valence-corrected chi connectivity index (χ2v) is 14.2. The van der Waals surface area contributed by atoms with Crippen LogP contribution in [0.1, 0.15) is 72.8 Å². The summed E-state index contributed by atoms with van der Waals surface area (Å²) < 4.78 is 10.9. The number of H-pyrrole nitrogens is 2. The Morgan fingerprint density at radius 3 is 1.46 bits per heavy atom. The molecule has 0 unspecified atom stereocenters. The highest BCUT2D eigenvalue weighted by molar-refractivity contribution is 5.85. The highest BCUT2D eigenvalue weighted by atomic mass is 16.6. The Bertz CT molecular complexity index is 2290. The molecule has 0 aliphatic carbocycles. The van der Waals surface area contributed by atoms with Gasteiger partial charge in [0.1, 0.15) is 11.6 Å². The number of rotatable bonds is 11. The summed E-state index contributed by atoms with van der Waals surface area (Å²) in [6.07, 6.45) is 4.09. The summed E-state index contributed by atoms with van der Waals surface area (Å²) in [6.45, 7) is 1.18.